The van der Waals surface area contributed by atoms with Gasteiger partial charge in [-0.05, 0) is 77.0 Å². The van der Waals surface area contributed by atoms with E-state index in [0.29, 0.717) is 17.5 Å². The summed E-state index contributed by atoms with van der Waals surface area (Å²) in [4.78, 5) is 15.5. The highest BCUT2D eigenvalue weighted by atomic mass is 32.1. The van der Waals surface area contributed by atoms with Gasteiger partial charge in [-0.1, -0.05) is 218 Å². The van der Waals surface area contributed by atoms with Gasteiger partial charge in [0.1, 0.15) is 0 Å². The highest BCUT2D eigenvalue weighted by Crippen LogP contribution is 2.49. The second kappa shape index (κ2) is 15.2. The molecule has 2 heterocycles. The average Bonchev–Trinajstić information content (AvgIpc) is 3.76. The maximum atomic E-state index is 5.24. The van der Waals surface area contributed by atoms with Gasteiger partial charge in [0.25, 0.3) is 0 Å². The zero-order valence-corrected chi connectivity index (χ0v) is 35.9. The lowest BCUT2D eigenvalue weighted by molar-refractivity contribution is 1.08. The summed E-state index contributed by atoms with van der Waals surface area (Å²) in [6.07, 6.45) is 0. The Morgan fingerprint density at radius 1 is 0.246 bits per heavy atom. The smallest absolute Gasteiger partial charge is 0.165 e. The number of rotatable bonds is 6. The molecule has 0 aliphatic heterocycles. The van der Waals surface area contributed by atoms with E-state index in [1.807, 2.05) is 47.7 Å². The van der Waals surface area contributed by atoms with Crippen LogP contribution < -0.4 is 0 Å². The van der Waals surface area contributed by atoms with Crippen molar-refractivity contribution >= 4 is 74.6 Å². The third-order valence-corrected chi connectivity index (χ3v) is 14.1. The van der Waals surface area contributed by atoms with Gasteiger partial charge in [0.05, 0.1) is 0 Å². The molecule has 0 aliphatic carbocycles. The first kappa shape index (κ1) is 37.3. The summed E-state index contributed by atoms with van der Waals surface area (Å²) in [6, 6.07) is 80.5. The third-order valence-electron chi connectivity index (χ3n) is 12.9. The van der Waals surface area contributed by atoms with Crippen molar-refractivity contribution in [3.05, 3.63) is 224 Å². The van der Waals surface area contributed by atoms with Crippen LogP contribution in [0.5, 0.6) is 0 Å². The number of nitrogens with zero attached hydrogens (tertiary/aromatic N) is 3. The van der Waals surface area contributed by atoms with Gasteiger partial charge in [-0.25, -0.2) is 15.0 Å². The number of hydrogen-bond acceptors (Lipinski definition) is 4. The summed E-state index contributed by atoms with van der Waals surface area (Å²) in [6.45, 7) is 0. The Kier molecular flexibility index (Phi) is 8.71. The fraction of sp³-hybridized carbons (Fsp3) is 0. The first-order valence-corrected chi connectivity index (χ1v) is 22.8. The van der Waals surface area contributed by atoms with Crippen molar-refractivity contribution in [2.24, 2.45) is 0 Å². The summed E-state index contributed by atoms with van der Waals surface area (Å²) in [5.74, 6) is 1.95. The minimum absolute atomic E-state index is 0.648. The van der Waals surface area contributed by atoms with Crippen LogP contribution in [0.4, 0.5) is 0 Å². The molecule has 0 spiro atoms. The van der Waals surface area contributed by atoms with Crippen molar-refractivity contribution in [2.45, 2.75) is 0 Å². The molecule has 3 nitrogen and oxygen atoms in total. The summed E-state index contributed by atoms with van der Waals surface area (Å²) in [5.41, 5.74) is 10.3. The number of hydrogen-bond donors (Lipinski definition) is 0. The molecule has 0 aliphatic rings. The van der Waals surface area contributed by atoms with Crippen LogP contribution in [0.15, 0.2) is 224 Å². The van der Waals surface area contributed by atoms with Crippen LogP contribution in [-0.2, 0) is 0 Å². The predicted octanol–water partition coefficient (Wildman–Crippen LogP) is 16.9. The van der Waals surface area contributed by atoms with Crippen LogP contribution in [-0.4, -0.2) is 15.0 Å². The molecule has 0 radical (unpaired) electrons. The highest BCUT2D eigenvalue weighted by molar-refractivity contribution is 7.26. The second-order valence-electron chi connectivity index (χ2n) is 16.6. The van der Waals surface area contributed by atoms with Crippen LogP contribution in [0.25, 0.3) is 131 Å². The predicted molar refractivity (Wildman–Crippen MR) is 275 cm³/mol. The molecule has 65 heavy (non-hydrogen) atoms. The Labute approximate surface area is 379 Å². The molecule has 0 saturated heterocycles. The van der Waals surface area contributed by atoms with Crippen molar-refractivity contribution in [1.82, 2.24) is 15.0 Å². The molecule has 2 aromatic heterocycles. The molecule has 0 N–H and O–H groups in total. The van der Waals surface area contributed by atoms with Crippen LogP contribution in [0.3, 0.4) is 0 Å². The van der Waals surface area contributed by atoms with Gasteiger partial charge in [0, 0.05) is 42.4 Å². The molecule has 0 unspecified atom stereocenters. The fourth-order valence-electron chi connectivity index (χ4n) is 10.1. The maximum Gasteiger partial charge on any atom is 0.165 e. The molecule has 0 fully saturated rings. The Bertz CT molecular complexity index is 3820. The number of aromatic nitrogens is 3. The van der Waals surface area contributed by atoms with Gasteiger partial charge in [-0.15, -0.1) is 11.3 Å². The van der Waals surface area contributed by atoms with Crippen LogP contribution >= 0.6 is 11.3 Å². The van der Waals surface area contributed by atoms with E-state index in [2.05, 4.69) is 188 Å². The zero-order chi connectivity index (χ0) is 42.8. The summed E-state index contributed by atoms with van der Waals surface area (Å²) in [7, 11) is 0. The highest BCUT2D eigenvalue weighted by Gasteiger charge is 2.23. The molecule has 13 rings (SSSR count). The molecule has 0 atom stereocenters. The lowest BCUT2D eigenvalue weighted by Gasteiger charge is -2.18. The van der Waals surface area contributed by atoms with E-state index < -0.39 is 0 Å². The number of fused-ring (bicyclic) bond motifs is 7. The van der Waals surface area contributed by atoms with Crippen molar-refractivity contribution < 1.29 is 0 Å². The van der Waals surface area contributed by atoms with Gasteiger partial charge in [0.2, 0.25) is 0 Å². The molecule has 11 aromatic carbocycles. The lowest BCUT2D eigenvalue weighted by Crippen LogP contribution is -2.01. The van der Waals surface area contributed by atoms with Gasteiger partial charge in [-0.3, -0.25) is 0 Å². The summed E-state index contributed by atoms with van der Waals surface area (Å²) < 4.78 is 2.56. The molecule has 0 amide bonds. The first-order chi connectivity index (χ1) is 32.3. The van der Waals surface area contributed by atoms with Crippen molar-refractivity contribution in [3.63, 3.8) is 0 Å². The molecule has 0 bridgehead atoms. The van der Waals surface area contributed by atoms with E-state index in [0.717, 1.165) is 38.2 Å². The van der Waals surface area contributed by atoms with E-state index in [4.69, 9.17) is 15.0 Å². The van der Waals surface area contributed by atoms with E-state index >= 15 is 0 Å². The van der Waals surface area contributed by atoms with Crippen molar-refractivity contribution in [3.8, 4) is 67.5 Å². The molecular formula is C61H37N3S. The molecule has 302 valence electrons. The minimum atomic E-state index is 0.648. The van der Waals surface area contributed by atoms with E-state index in [-0.39, 0.29) is 0 Å². The SMILES string of the molecule is c1ccc(-c2nc(-c3ccccc3)nc(-c3c4ccccc4c(-c4ccc5c(c4)sc4c(-c6c7ccccc7c(-c7ccccc7)c7ccccc67)cccc45)c4ccccc34)n2)cc1. The maximum absolute atomic E-state index is 5.24. The molecule has 0 saturated carbocycles. The monoisotopic (exact) mass is 843 g/mol. The third kappa shape index (κ3) is 6.07. The summed E-state index contributed by atoms with van der Waals surface area (Å²) >= 11 is 1.89. The average molecular weight is 844 g/mol. The Hall–Kier alpha value is -8.31. The van der Waals surface area contributed by atoms with E-state index in [9.17, 15) is 0 Å². The van der Waals surface area contributed by atoms with Gasteiger partial charge < -0.3 is 0 Å². The second-order valence-corrected chi connectivity index (χ2v) is 17.6. The number of benzene rings is 11. The quantitative estimate of drug-likeness (QED) is 0.157. The normalized spacial score (nSPS) is 11.7. The summed E-state index contributed by atoms with van der Waals surface area (Å²) in [5, 5.41) is 12.1. The van der Waals surface area contributed by atoms with Gasteiger partial charge >= 0.3 is 0 Å². The Morgan fingerprint density at radius 3 is 1.12 bits per heavy atom. The first-order valence-electron chi connectivity index (χ1n) is 22.0. The topological polar surface area (TPSA) is 38.7 Å². The van der Waals surface area contributed by atoms with Crippen molar-refractivity contribution in [1.29, 1.82) is 0 Å². The Balaban J connectivity index is 1.03. The van der Waals surface area contributed by atoms with Crippen LogP contribution in [0.1, 0.15) is 0 Å². The fourth-order valence-corrected chi connectivity index (χ4v) is 11.3. The van der Waals surface area contributed by atoms with Crippen LogP contribution in [0, 0.1) is 0 Å². The zero-order valence-electron chi connectivity index (χ0n) is 35.1. The van der Waals surface area contributed by atoms with Gasteiger partial charge in [0.15, 0.2) is 17.5 Å². The minimum Gasteiger partial charge on any atom is -0.208 e. The number of thiophene rings is 1. The standard InChI is InChI=1S/C61H37N3S/c1-4-19-38(20-5-1)54-43-25-10-14-29-47(43)56(48-30-15-11-26-44(48)54)52-34-18-33-51-42-36-35-41(37-53(42)65-58(51)52)55-45-27-12-16-31-49(45)57(50-32-17-13-28-46(50)55)61-63-59(39-21-6-2-7-22-39)62-60(64-61)40-23-8-3-9-24-40/h1-37H. The molecule has 13 aromatic rings. The van der Waals surface area contributed by atoms with E-state index in [1.165, 1.54) is 75.1 Å². The molecular weight excluding hydrogens is 807 g/mol. The molecule has 4 heteroatoms. The van der Waals surface area contributed by atoms with Gasteiger partial charge in [-0.2, -0.15) is 0 Å². The van der Waals surface area contributed by atoms with E-state index in [1.54, 1.807) is 0 Å². The van der Waals surface area contributed by atoms with Crippen LogP contribution in [0.2, 0.25) is 0 Å². The Morgan fingerprint density at radius 2 is 0.631 bits per heavy atom. The lowest BCUT2D eigenvalue weighted by atomic mass is 9.85. The van der Waals surface area contributed by atoms with Crippen molar-refractivity contribution in [2.75, 3.05) is 0 Å². The largest absolute Gasteiger partial charge is 0.208 e.